The van der Waals surface area contributed by atoms with Crippen LogP contribution < -0.4 is 5.32 Å². The highest BCUT2D eigenvalue weighted by Crippen LogP contribution is 2.20. The van der Waals surface area contributed by atoms with Gasteiger partial charge in [-0.3, -0.25) is 9.59 Å². The van der Waals surface area contributed by atoms with Gasteiger partial charge in [-0.1, -0.05) is 13.8 Å². The van der Waals surface area contributed by atoms with Gasteiger partial charge in [0, 0.05) is 39.8 Å². The van der Waals surface area contributed by atoms with Crippen molar-refractivity contribution >= 4 is 20.7 Å². The topological polar surface area (TPSA) is 94.1 Å². The molecule has 1 unspecified atom stereocenters. The maximum absolute atomic E-state index is 12.1. The van der Waals surface area contributed by atoms with Crippen LogP contribution in [-0.2, 0) is 22.9 Å². The molecule has 0 aromatic heterocycles. The molecule has 0 saturated carbocycles. The molecule has 0 spiro atoms. The lowest BCUT2D eigenvalue weighted by atomic mass is 9.98. The van der Waals surface area contributed by atoms with Gasteiger partial charge in [-0.15, -0.1) is 0 Å². The summed E-state index contributed by atoms with van der Waals surface area (Å²) in [6, 6.07) is 0.546. The third-order valence-corrected chi connectivity index (χ3v) is 6.28. The fourth-order valence-corrected chi connectivity index (χ4v) is 3.86. The van der Waals surface area contributed by atoms with Crippen LogP contribution in [0.4, 0.5) is 0 Å². The first kappa shape index (κ1) is 21.0. The zero-order valence-corrected chi connectivity index (χ0v) is 15.2. The molecule has 2 N–H and O–H groups in total. The van der Waals surface area contributed by atoms with Crippen LogP contribution in [0, 0.1) is 11.8 Å². The number of rotatable bonds is 12. The van der Waals surface area contributed by atoms with Crippen LogP contribution >= 0.6 is 0 Å². The summed E-state index contributed by atoms with van der Waals surface area (Å²) in [5, 5.41) is 11.8. The van der Waals surface area contributed by atoms with E-state index >= 15 is 0 Å². The monoisotopic (exact) mass is 335 g/mol. The number of nitrogens with one attached hydrogen (secondary N) is 1. The Hall–Kier alpha value is -0.963. The molecule has 0 saturated heterocycles. The van der Waals surface area contributed by atoms with E-state index in [9.17, 15) is 9.59 Å². The predicted molar refractivity (Wildman–Crippen MR) is 84.4 cm³/mol. The number of amides is 1. The van der Waals surface area contributed by atoms with Gasteiger partial charge in [0.2, 0.25) is 5.91 Å². The first-order valence-electron chi connectivity index (χ1n) is 7.45. The van der Waals surface area contributed by atoms with E-state index in [1.807, 2.05) is 13.8 Å². The Morgan fingerprint density at radius 1 is 1.14 bits per heavy atom. The van der Waals surface area contributed by atoms with Crippen molar-refractivity contribution in [1.82, 2.24) is 5.32 Å². The molecule has 130 valence electrons. The quantitative estimate of drug-likeness (QED) is 0.525. The maximum Gasteiger partial charge on any atom is 0.500 e. The van der Waals surface area contributed by atoms with Gasteiger partial charge in [0.15, 0.2) is 0 Å². The molecule has 8 heteroatoms. The Morgan fingerprint density at radius 2 is 1.68 bits per heavy atom. The molecular weight excluding hydrogens is 306 g/mol. The average molecular weight is 335 g/mol. The SMILES string of the molecule is CO[Si](CCCC(CC(=O)O)C(=O)NCC(C)C)(OC)OC. The summed E-state index contributed by atoms with van der Waals surface area (Å²) < 4.78 is 15.9. The Labute approximate surface area is 133 Å². The molecule has 0 radical (unpaired) electrons. The van der Waals surface area contributed by atoms with Crippen LogP contribution in [0.2, 0.25) is 6.04 Å². The van der Waals surface area contributed by atoms with Gasteiger partial charge in [0.1, 0.15) is 0 Å². The molecule has 22 heavy (non-hydrogen) atoms. The number of carboxylic acid groups (broad SMARTS) is 1. The summed E-state index contributed by atoms with van der Waals surface area (Å²) in [6.07, 6.45) is 0.890. The minimum Gasteiger partial charge on any atom is -0.481 e. The minimum absolute atomic E-state index is 0.175. The molecule has 0 heterocycles. The number of hydrogen-bond donors (Lipinski definition) is 2. The van der Waals surface area contributed by atoms with Gasteiger partial charge < -0.3 is 23.7 Å². The predicted octanol–water partition coefficient (Wildman–Crippen LogP) is 1.51. The molecule has 0 aromatic carbocycles. The van der Waals surface area contributed by atoms with Crippen LogP contribution in [-0.4, -0.2) is 53.7 Å². The second-order valence-electron chi connectivity index (χ2n) is 5.62. The summed E-state index contributed by atoms with van der Waals surface area (Å²) in [5.74, 6) is -1.41. The molecule has 0 aliphatic carbocycles. The van der Waals surface area contributed by atoms with Gasteiger partial charge in [-0.2, -0.15) is 0 Å². The lowest BCUT2D eigenvalue weighted by Gasteiger charge is -2.25. The fourth-order valence-electron chi connectivity index (χ4n) is 2.11. The number of carboxylic acids is 1. The third kappa shape index (κ3) is 7.88. The fraction of sp³-hybridized carbons (Fsp3) is 0.857. The van der Waals surface area contributed by atoms with Gasteiger partial charge in [0.05, 0.1) is 6.42 Å². The van der Waals surface area contributed by atoms with Crippen molar-refractivity contribution in [3.63, 3.8) is 0 Å². The summed E-state index contributed by atoms with van der Waals surface area (Å²) in [5.41, 5.74) is 0. The van der Waals surface area contributed by atoms with Gasteiger partial charge in [0.25, 0.3) is 0 Å². The Morgan fingerprint density at radius 3 is 2.09 bits per heavy atom. The first-order valence-corrected chi connectivity index (χ1v) is 9.38. The highest BCUT2D eigenvalue weighted by atomic mass is 28.4. The van der Waals surface area contributed by atoms with E-state index in [-0.39, 0.29) is 12.3 Å². The summed E-state index contributed by atoms with van der Waals surface area (Å²) >= 11 is 0. The molecule has 0 aliphatic heterocycles. The summed E-state index contributed by atoms with van der Waals surface area (Å²) in [4.78, 5) is 23.0. The molecule has 1 atom stereocenters. The van der Waals surface area contributed by atoms with Gasteiger partial charge in [-0.25, -0.2) is 0 Å². The number of carbonyl (C=O) groups excluding carboxylic acids is 1. The molecule has 1 amide bonds. The number of carbonyl (C=O) groups is 2. The molecule has 0 bridgehead atoms. The normalized spacial score (nSPS) is 13.2. The molecular formula is C14H29NO6Si. The summed E-state index contributed by atoms with van der Waals surface area (Å²) in [7, 11) is 1.92. The second-order valence-corrected chi connectivity index (χ2v) is 8.71. The molecule has 0 fully saturated rings. The Kier molecular flexibility index (Phi) is 10.2. The van der Waals surface area contributed by atoms with Crippen molar-refractivity contribution in [3.05, 3.63) is 0 Å². The van der Waals surface area contributed by atoms with Crippen molar-refractivity contribution < 1.29 is 28.0 Å². The number of hydrogen-bond acceptors (Lipinski definition) is 5. The van der Waals surface area contributed by atoms with Crippen LogP contribution in [0.15, 0.2) is 0 Å². The van der Waals surface area contributed by atoms with E-state index in [1.54, 1.807) is 0 Å². The molecule has 7 nitrogen and oxygen atoms in total. The molecule has 0 rings (SSSR count). The van der Waals surface area contributed by atoms with E-state index in [0.717, 1.165) is 0 Å². The van der Waals surface area contributed by atoms with Crippen LogP contribution in [0.5, 0.6) is 0 Å². The largest absolute Gasteiger partial charge is 0.500 e. The molecule has 0 aliphatic rings. The zero-order valence-electron chi connectivity index (χ0n) is 14.2. The Balaban J connectivity index is 4.53. The minimum atomic E-state index is -2.67. The zero-order chi connectivity index (χ0) is 17.2. The van der Waals surface area contributed by atoms with Crippen molar-refractivity contribution in [1.29, 1.82) is 0 Å². The van der Waals surface area contributed by atoms with Crippen LogP contribution in [0.25, 0.3) is 0 Å². The van der Waals surface area contributed by atoms with Gasteiger partial charge >= 0.3 is 14.8 Å². The maximum atomic E-state index is 12.1. The third-order valence-electron chi connectivity index (χ3n) is 3.44. The average Bonchev–Trinajstić information content (AvgIpc) is 2.48. The number of aliphatic carboxylic acids is 1. The lowest BCUT2D eigenvalue weighted by molar-refractivity contribution is -0.141. The highest BCUT2D eigenvalue weighted by molar-refractivity contribution is 6.60. The van der Waals surface area contributed by atoms with Crippen LogP contribution in [0.1, 0.15) is 33.1 Å². The first-order chi connectivity index (χ1) is 10.3. The van der Waals surface area contributed by atoms with E-state index < -0.39 is 20.7 Å². The van der Waals surface area contributed by atoms with E-state index in [4.69, 9.17) is 18.4 Å². The van der Waals surface area contributed by atoms with E-state index in [0.29, 0.717) is 31.3 Å². The smallest absolute Gasteiger partial charge is 0.481 e. The highest BCUT2D eigenvalue weighted by Gasteiger charge is 2.37. The van der Waals surface area contributed by atoms with E-state index in [2.05, 4.69) is 5.32 Å². The van der Waals surface area contributed by atoms with Crippen molar-refractivity contribution in [3.8, 4) is 0 Å². The lowest BCUT2D eigenvalue weighted by Crippen LogP contribution is -2.43. The van der Waals surface area contributed by atoms with Crippen molar-refractivity contribution in [2.45, 2.75) is 39.2 Å². The standard InChI is InChI=1S/C14H29NO6Si/c1-11(2)10-15-14(18)12(9-13(16)17)7-6-8-22(19-3,20-4)21-5/h11-12H,6-10H2,1-5H3,(H,15,18)(H,16,17). The second kappa shape index (κ2) is 10.7. The Bertz CT molecular complexity index is 338. The van der Waals surface area contributed by atoms with E-state index in [1.165, 1.54) is 21.3 Å². The summed E-state index contributed by atoms with van der Waals surface area (Å²) in [6.45, 7) is 4.52. The van der Waals surface area contributed by atoms with Crippen LogP contribution in [0.3, 0.4) is 0 Å². The van der Waals surface area contributed by atoms with Crippen molar-refractivity contribution in [2.75, 3.05) is 27.9 Å². The van der Waals surface area contributed by atoms with Gasteiger partial charge in [-0.05, 0) is 18.8 Å². The van der Waals surface area contributed by atoms with Crippen molar-refractivity contribution in [2.24, 2.45) is 11.8 Å². The molecule has 0 aromatic rings.